The van der Waals surface area contributed by atoms with Gasteiger partial charge in [0.05, 0.1) is 0 Å². The molecule has 1 radical (unpaired) electrons. The molecule has 0 fully saturated rings. The summed E-state index contributed by atoms with van der Waals surface area (Å²) in [5, 5.41) is 0. The summed E-state index contributed by atoms with van der Waals surface area (Å²) in [6.45, 7) is 3.94. The predicted molar refractivity (Wildman–Crippen MR) is 49.5 cm³/mol. The summed E-state index contributed by atoms with van der Waals surface area (Å²) in [5.41, 5.74) is 2.81. The average molecular weight is 632 g/mol. The molecule has 0 saturated carbocycles. The van der Waals surface area contributed by atoms with Gasteiger partial charge < -0.3 is 11.9 Å². The Hall–Kier alpha value is 1.34. The van der Waals surface area contributed by atoms with E-state index in [0.717, 1.165) is 6.42 Å². The van der Waals surface area contributed by atoms with Crippen LogP contribution in [0.2, 0.25) is 0 Å². The van der Waals surface area contributed by atoms with Crippen LogP contribution in [0.3, 0.4) is 0 Å². The SMILES string of the molecule is [CH2-]C[C-]1CCCc2ccncc21.[U].[V].[W]. The molecule has 1 heterocycles. The minimum absolute atomic E-state index is 0. The van der Waals surface area contributed by atoms with E-state index in [-0.39, 0.29) is 70.7 Å². The molecule has 0 unspecified atom stereocenters. The van der Waals surface area contributed by atoms with Crippen molar-refractivity contribution in [3.8, 4) is 0 Å². The van der Waals surface area contributed by atoms with Crippen molar-refractivity contribution >= 4 is 0 Å². The molecular weight excluding hydrogens is 619 g/mol. The van der Waals surface area contributed by atoms with E-state index < -0.39 is 0 Å². The third-order valence-corrected chi connectivity index (χ3v) is 2.52. The van der Waals surface area contributed by atoms with Crippen molar-refractivity contribution in [1.29, 1.82) is 0 Å². The van der Waals surface area contributed by atoms with Crippen LogP contribution in [0.5, 0.6) is 0 Å². The van der Waals surface area contributed by atoms with E-state index in [1.807, 2.05) is 12.4 Å². The van der Waals surface area contributed by atoms with Crippen molar-refractivity contribution in [2.45, 2.75) is 25.7 Å². The van der Waals surface area contributed by atoms with Gasteiger partial charge in [0.2, 0.25) is 0 Å². The van der Waals surface area contributed by atoms with E-state index in [1.54, 1.807) is 0 Å². The first-order valence-electron chi connectivity index (χ1n) is 4.49. The molecule has 1 aliphatic rings. The van der Waals surface area contributed by atoms with Gasteiger partial charge in [0.15, 0.2) is 0 Å². The van der Waals surface area contributed by atoms with Crippen molar-refractivity contribution in [3.63, 3.8) is 0 Å². The smallest absolute Gasteiger partial charge is 0 e. The average Bonchev–Trinajstić information content (AvgIpc) is 2.17. The zero-order valence-electron chi connectivity index (χ0n) is 8.57. The molecule has 2 rings (SSSR count). The van der Waals surface area contributed by atoms with Gasteiger partial charge in [-0.05, 0) is 6.20 Å². The molecule has 0 N–H and O–H groups in total. The molecule has 0 aromatic carbocycles. The van der Waals surface area contributed by atoms with Crippen LogP contribution in [0.25, 0.3) is 0 Å². The Morgan fingerprint density at radius 1 is 1.47 bits per heavy atom. The number of fused-ring (bicyclic) bond motifs is 1. The van der Waals surface area contributed by atoms with E-state index in [2.05, 4.69) is 18.0 Å². The third kappa shape index (κ3) is 4.61. The Kier molecular flexibility index (Phi) is 11.7. The Labute approximate surface area is 142 Å². The van der Waals surface area contributed by atoms with Crippen LogP contribution in [0.1, 0.15) is 30.4 Å². The molecule has 0 amide bonds. The predicted octanol–water partition coefficient (Wildman–Crippen LogP) is 2.56. The second kappa shape index (κ2) is 9.38. The molecule has 1 nitrogen and oxygen atoms in total. The largest absolute Gasteiger partial charge is 0.351 e. The number of hydrogen-bond acceptors (Lipinski definition) is 1. The van der Waals surface area contributed by atoms with E-state index in [0.29, 0.717) is 0 Å². The van der Waals surface area contributed by atoms with E-state index in [1.165, 1.54) is 36.3 Å². The van der Waals surface area contributed by atoms with Gasteiger partial charge in [-0.2, -0.15) is 11.5 Å². The van der Waals surface area contributed by atoms with Crippen molar-refractivity contribution in [2.75, 3.05) is 0 Å². The van der Waals surface area contributed by atoms with Gasteiger partial charge in [-0.1, -0.05) is 31.5 Å². The van der Waals surface area contributed by atoms with Gasteiger partial charge in [-0.25, -0.2) is 6.42 Å². The van der Waals surface area contributed by atoms with Crippen LogP contribution in [0.4, 0.5) is 0 Å². The van der Waals surface area contributed by atoms with Crippen LogP contribution in [-0.2, 0) is 46.0 Å². The van der Waals surface area contributed by atoms with Crippen LogP contribution < -0.4 is 0 Å². The Morgan fingerprint density at radius 2 is 2.20 bits per heavy atom. The van der Waals surface area contributed by atoms with Gasteiger partial charge in [-0.3, -0.25) is 0 Å². The van der Waals surface area contributed by atoms with Crippen LogP contribution in [-0.4, -0.2) is 4.98 Å². The normalized spacial score (nSPS) is 12.7. The van der Waals surface area contributed by atoms with Crippen molar-refractivity contribution in [1.82, 2.24) is 4.98 Å². The number of nitrogens with zero attached hydrogens (tertiary/aromatic N) is 1. The number of pyridine rings is 1. The fourth-order valence-electron chi connectivity index (χ4n) is 1.85. The first-order chi connectivity index (χ1) is 5.92. The molecule has 1 aliphatic carbocycles. The molecule has 0 atom stereocenters. The monoisotopic (exact) mass is 632 g/mol. The summed E-state index contributed by atoms with van der Waals surface area (Å²) in [5.74, 6) is 1.48. The van der Waals surface area contributed by atoms with E-state index in [9.17, 15) is 0 Å². The molecule has 0 saturated heterocycles. The van der Waals surface area contributed by atoms with Gasteiger partial charge in [0.1, 0.15) is 0 Å². The maximum absolute atomic E-state index is 4.15. The van der Waals surface area contributed by atoms with Crippen LogP contribution >= 0.6 is 0 Å². The molecule has 0 spiro atoms. The molecule has 1 aromatic heterocycles. The molecule has 1 aromatic rings. The summed E-state index contributed by atoms with van der Waals surface area (Å²) in [4.78, 5) is 4.15. The van der Waals surface area contributed by atoms with Crippen molar-refractivity contribution in [2.24, 2.45) is 0 Å². The zero-order chi connectivity index (χ0) is 8.39. The molecule has 79 valence electrons. The summed E-state index contributed by atoms with van der Waals surface area (Å²) < 4.78 is 0. The summed E-state index contributed by atoms with van der Waals surface area (Å²) in [6.07, 6.45) is 8.49. The minimum Gasteiger partial charge on any atom is -0.351 e. The third-order valence-electron chi connectivity index (χ3n) is 2.52. The van der Waals surface area contributed by atoms with Crippen LogP contribution in [0.15, 0.2) is 18.5 Å². The number of rotatable bonds is 1. The number of aromatic nitrogens is 1. The fourth-order valence-corrected chi connectivity index (χ4v) is 1.85. The number of hydrogen-bond donors (Lipinski definition) is 0. The molecular formula is C11H13NUVW-2. The zero-order valence-corrected chi connectivity index (χ0v) is 17.1. The Bertz CT molecular complexity index is 283. The molecule has 0 bridgehead atoms. The molecule has 4 heteroatoms. The van der Waals surface area contributed by atoms with Gasteiger partial charge >= 0.3 is 0 Å². The van der Waals surface area contributed by atoms with Gasteiger partial charge in [0.25, 0.3) is 0 Å². The van der Waals surface area contributed by atoms with Crippen molar-refractivity contribution in [3.05, 3.63) is 42.4 Å². The fraction of sp³-hybridized carbons (Fsp3) is 0.364. The summed E-state index contributed by atoms with van der Waals surface area (Å²) in [6, 6.07) is 2.13. The van der Waals surface area contributed by atoms with Crippen molar-refractivity contribution < 1.29 is 70.7 Å². The topological polar surface area (TPSA) is 12.9 Å². The van der Waals surface area contributed by atoms with Gasteiger partial charge in [-0.15, -0.1) is 5.56 Å². The Balaban J connectivity index is 0. The van der Waals surface area contributed by atoms with E-state index >= 15 is 0 Å². The van der Waals surface area contributed by atoms with Crippen LogP contribution in [0, 0.1) is 44.0 Å². The first kappa shape index (κ1) is 18.7. The maximum atomic E-state index is 4.15. The van der Waals surface area contributed by atoms with Gasteiger partial charge in [0, 0.05) is 70.7 Å². The Morgan fingerprint density at radius 3 is 2.87 bits per heavy atom. The standard InChI is InChI=1S/C11H13N.U.V.W/c1-2-9-4-3-5-10-6-7-12-8-11(9)10;;;/h6-8H,1-5H2;;;/q-2;;;. The second-order valence-corrected chi connectivity index (χ2v) is 3.24. The summed E-state index contributed by atoms with van der Waals surface area (Å²) >= 11 is 0. The first-order valence-corrected chi connectivity index (χ1v) is 4.49. The minimum atomic E-state index is 0. The molecule has 0 aliphatic heterocycles. The quantitative estimate of drug-likeness (QED) is 0.435. The number of aryl methyl sites for hydroxylation is 1. The molecule has 15 heavy (non-hydrogen) atoms. The maximum Gasteiger partial charge on any atom is 0 e. The van der Waals surface area contributed by atoms with E-state index in [4.69, 9.17) is 0 Å². The summed E-state index contributed by atoms with van der Waals surface area (Å²) in [7, 11) is 0. The second-order valence-electron chi connectivity index (χ2n) is 3.24.